The smallest absolute Gasteiger partial charge is 0.462 e. The standard InChI is InChI=1S/C47H85O8P/c1-4-7-9-11-13-15-17-19-21-22-23-24-25-26-28-29-31-33-35-37-39-41-46(48)52-43-45(44-54-56(50,51)53-6-3)55-47(49)42-40-38-36-34-32-30-27-20-18-16-14-12-10-8-5-2/h8,10,14,16,20,22-23,27,45H,4-7,9,11-13,15,17-19,21,24-26,28-44H2,1-3H3,(H,50,51)/b10-8-,16-14-,23-22-,27-20-. The first kappa shape index (κ1) is 54.0. The average Bonchev–Trinajstić information content (AvgIpc) is 3.18. The summed E-state index contributed by atoms with van der Waals surface area (Å²) in [7, 11) is -4.29. The van der Waals surface area contributed by atoms with Gasteiger partial charge in [-0.05, 0) is 77.6 Å². The summed E-state index contributed by atoms with van der Waals surface area (Å²) >= 11 is 0. The van der Waals surface area contributed by atoms with Crippen LogP contribution in [0.25, 0.3) is 0 Å². The van der Waals surface area contributed by atoms with E-state index in [-0.39, 0.29) is 32.0 Å². The molecule has 0 rings (SSSR count). The summed E-state index contributed by atoms with van der Waals surface area (Å²) in [5.41, 5.74) is 0. The van der Waals surface area contributed by atoms with Crippen molar-refractivity contribution >= 4 is 19.8 Å². The maximum atomic E-state index is 12.6. The van der Waals surface area contributed by atoms with Crippen molar-refractivity contribution in [1.82, 2.24) is 0 Å². The molecule has 0 radical (unpaired) electrons. The summed E-state index contributed by atoms with van der Waals surface area (Å²) in [5.74, 6) is -0.817. The fourth-order valence-corrected chi connectivity index (χ4v) is 7.04. The van der Waals surface area contributed by atoms with Crippen molar-refractivity contribution in [3.8, 4) is 0 Å². The van der Waals surface area contributed by atoms with Gasteiger partial charge < -0.3 is 14.4 Å². The molecule has 0 saturated carbocycles. The Labute approximate surface area is 344 Å². The molecule has 9 heteroatoms. The summed E-state index contributed by atoms with van der Waals surface area (Å²) in [5, 5.41) is 0. The minimum Gasteiger partial charge on any atom is -0.462 e. The summed E-state index contributed by atoms with van der Waals surface area (Å²) in [4.78, 5) is 34.8. The van der Waals surface area contributed by atoms with E-state index >= 15 is 0 Å². The molecule has 0 fully saturated rings. The van der Waals surface area contributed by atoms with Gasteiger partial charge in [0.15, 0.2) is 6.10 Å². The molecule has 0 aromatic rings. The Hall–Kier alpha value is -1.99. The minimum absolute atomic E-state index is 0.00459. The highest BCUT2D eigenvalue weighted by Gasteiger charge is 2.25. The zero-order valence-corrected chi connectivity index (χ0v) is 37.2. The summed E-state index contributed by atoms with van der Waals surface area (Å²) in [6.45, 7) is 5.35. The monoisotopic (exact) mass is 809 g/mol. The van der Waals surface area contributed by atoms with E-state index in [0.717, 1.165) is 70.6 Å². The van der Waals surface area contributed by atoms with Gasteiger partial charge in [0.25, 0.3) is 0 Å². The van der Waals surface area contributed by atoms with Gasteiger partial charge in [-0.15, -0.1) is 0 Å². The van der Waals surface area contributed by atoms with Gasteiger partial charge in [0.2, 0.25) is 0 Å². The van der Waals surface area contributed by atoms with Gasteiger partial charge in [0, 0.05) is 12.8 Å². The Morgan fingerprint density at radius 3 is 1.39 bits per heavy atom. The van der Waals surface area contributed by atoms with Crippen LogP contribution in [0, 0.1) is 0 Å². The molecular weight excluding hydrogens is 723 g/mol. The number of hydrogen-bond acceptors (Lipinski definition) is 7. The Bertz CT molecular complexity index is 1050. The van der Waals surface area contributed by atoms with E-state index in [1.165, 1.54) is 103 Å². The number of ether oxygens (including phenoxy) is 2. The van der Waals surface area contributed by atoms with Crippen molar-refractivity contribution in [1.29, 1.82) is 0 Å². The van der Waals surface area contributed by atoms with Crippen molar-refractivity contribution in [2.45, 2.75) is 219 Å². The van der Waals surface area contributed by atoms with Crippen LogP contribution in [0.15, 0.2) is 48.6 Å². The van der Waals surface area contributed by atoms with E-state index in [9.17, 15) is 19.0 Å². The van der Waals surface area contributed by atoms with Crippen molar-refractivity contribution < 1.29 is 37.6 Å². The molecule has 0 aliphatic carbocycles. The highest BCUT2D eigenvalue weighted by Crippen LogP contribution is 2.43. The van der Waals surface area contributed by atoms with E-state index in [1.807, 2.05) is 0 Å². The van der Waals surface area contributed by atoms with Crippen LogP contribution in [0.5, 0.6) is 0 Å². The van der Waals surface area contributed by atoms with Crippen molar-refractivity contribution in [3.05, 3.63) is 48.6 Å². The number of phosphoric ester groups is 1. The molecule has 0 spiro atoms. The van der Waals surface area contributed by atoms with Crippen LogP contribution < -0.4 is 0 Å². The van der Waals surface area contributed by atoms with Crippen molar-refractivity contribution in [2.75, 3.05) is 19.8 Å². The number of phosphoric acid groups is 1. The lowest BCUT2D eigenvalue weighted by atomic mass is 10.1. The minimum atomic E-state index is -4.29. The van der Waals surface area contributed by atoms with Gasteiger partial charge in [-0.3, -0.25) is 18.6 Å². The molecule has 0 bridgehead atoms. The van der Waals surface area contributed by atoms with Gasteiger partial charge in [0.1, 0.15) is 6.61 Å². The topological polar surface area (TPSA) is 108 Å². The lowest BCUT2D eigenvalue weighted by molar-refractivity contribution is -0.161. The molecule has 0 aliphatic heterocycles. The van der Waals surface area contributed by atoms with Crippen LogP contribution in [0.4, 0.5) is 0 Å². The molecular formula is C47H85O8P. The largest absolute Gasteiger partial charge is 0.472 e. The second-order valence-corrected chi connectivity index (χ2v) is 16.5. The van der Waals surface area contributed by atoms with Crippen LogP contribution in [0.1, 0.15) is 213 Å². The van der Waals surface area contributed by atoms with Crippen LogP contribution in [0.2, 0.25) is 0 Å². The molecule has 8 nitrogen and oxygen atoms in total. The third kappa shape index (κ3) is 41.6. The Morgan fingerprint density at radius 2 is 0.911 bits per heavy atom. The lowest BCUT2D eigenvalue weighted by Crippen LogP contribution is -2.29. The number of esters is 2. The predicted octanol–water partition coefficient (Wildman–Crippen LogP) is 14.6. The fourth-order valence-electron chi connectivity index (χ4n) is 6.29. The Balaban J connectivity index is 4.03. The van der Waals surface area contributed by atoms with E-state index in [4.69, 9.17) is 18.5 Å². The van der Waals surface area contributed by atoms with Gasteiger partial charge in [-0.1, -0.05) is 172 Å². The van der Waals surface area contributed by atoms with E-state index in [2.05, 4.69) is 62.5 Å². The normalized spacial score (nSPS) is 13.7. The summed E-state index contributed by atoms with van der Waals surface area (Å²) in [6.07, 6.45) is 50.3. The van der Waals surface area contributed by atoms with E-state index < -0.39 is 26.5 Å². The molecule has 2 atom stereocenters. The number of carbonyl (C=O) groups excluding carboxylic acids is 2. The predicted molar refractivity (Wildman–Crippen MR) is 235 cm³/mol. The molecule has 326 valence electrons. The Morgan fingerprint density at radius 1 is 0.500 bits per heavy atom. The van der Waals surface area contributed by atoms with Crippen LogP contribution >= 0.6 is 7.82 Å². The van der Waals surface area contributed by atoms with Crippen LogP contribution in [0.3, 0.4) is 0 Å². The molecule has 1 N–H and O–H groups in total. The van der Waals surface area contributed by atoms with Crippen LogP contribution in [-0.4, -0.2) is 42.8 Å². The number of rotatable bonds is 42. The average molecular weight is 809 g/mol. The lowest BCUT2D eigenvalue weighted by Gasteiger charge is -2.19. The third-order valence-corrected chi connectivity index (χ3v) is 10.7. The summed E-state index contributed by atoms with van der Waals surface area (Å²) in [6, 6.07) is 0. The first-order chi connectivity index (χ1) is 27.3. The van der Waals surface area contributed by atoms with Crippen molar-refractivity contribution in [3.63, 3.8) is 0 Å². The molecule has 0 aromatic carbocycles. The van der Waals surface area contributed by atoms with Crippen LogP contribution in [-0.2, 0) is 32.7 Å². The van der Waals surface area contributed by atoms with Gasteiger partial charge in [-0.2, -0.15) is 0 Å². The first-order valence-corrected chi connectivity index (χ1v) is 24.4. The highest BCUT2D eigenvalue weighted by atomic mass is 31.2. The number of allylic oxidation sites excluding steroid dienone is 8. The fraction of sp³-hybridized carbons (Fsp3) is 0.787. The van der Waals surface area contributed by atoms with Gasteiger partial charge in [0.05, 0.1) is 13.2 Å². The second-order valence-electron chi connectivity index (χ2n) is 15.0. The maximum Gasteiger partial charge on any atom is 0.472 e. The van der Waals surface area contributed by atoms with Crippen molar-refractivity contribution in [2.24, 2.45) is 0 Å². The van der Waals surface area contributed by atoms with Gasteiger partial charge >= 0.3 is 19.8 Å². The molecule has 0 aromatic heterocycles. The van der Waals surface area contributed by atoms with Gasteiger partial charge in [-0.25, -0.2) is 4.57 Å². The Kier molecular flexibility index (Phi) is 41.1. The molecule has 2 unspecified atom stereocenters. The highest BCUT2D eigenvalue weighted by molar-refractivity contribution is 7.47. The number of hydrogen-bond donors (Lipinski definition) is 1. The SMILES string of the molecule is CC/C=C\C/C=C\C/C=C\CCCCCCCC(=O)OC(COC(=O)CCCCCCCCCCC/C=C\CCCCCCCCCC)COP(=O)(O)OCC. The second kappa shape index (κ2) is 42.6. The third-order valence-electron chi connectivity index (χ3n) is 9.62. The number of carbonyl (C=O) groups is 2. The first-order valence-electron chi connectivity index (χ1n) is 22.9. The molecule has 0 amide bonds. The van der Waals surface area contributed by atoms with E-state index in [0.29, 0.717) is 6.42 Å². The molecule has 0 saturated heterocycles. The quantitative estimate of drug-likeness (QED) is 0.0281. The molecule has 56 heavy (non-hydrogen) atoms. The number of unbranched alkanes of at least 4 members (excludes halogenated alkanes) is 22. The zero-order valence-electron chi connectivity index (χ0n) is 36.3. The van der Waals surface area contributed by atoms with E-state index in [1.54, 1.807) is 6.92 Å². The zero-order chi connectivity index (χ0) is 41.1. The molecule has 0 heterocycles. The summed E-state index contributed by atoms with van der Waals surface area (Å²) < 4.78 is 32.7. The molecule has 0 aliphatic rings. The maximum absolute atomic E-state index is 12.6.